The number of nitrogens with one attached hydrogen (secondary N) is 1. The Morgan fingerprint density at radius 2 is 1.65 bits per heavy atom. The first-order chi connectivity index (χ1) is 18.6. The number of fused-ring (bicyclic) bond motifs is 1. The Labute approximate surface area is 234 Å². The van der Waals surface area contributed by atoms with Crippen LogP contribution in [0.3, 0.4) is 0 Å². The average molecular weight is 614 g/mol. The quantitative estimate of drug-likeness (QED) is 0.238. The number of alkyl halides is 3. The molecule has 40 heavy (non-hydrogen) atoms. The van der Waals surface area contributed by atoms with Crippen LogP contribution < -0.4 is 9.46 Å². The molecule has 0 unspecified atom stereocenters. The van der Waals surface area contributed by atoms with Gasteiger partial charge in [-0.05, 0) is 55.8 Å². The summed E-state index contributed by atoms with van der Waals surface area (Å²) in [4.78, 5) is 8.37. The third-order valence-corrected chi connectivity index (χ3v) is 8.55. The van der Waals surface area contributed by atoms with Gasteiger partial charge in [-0.1, -0.05) is 29.8 Å². The second-order valence-corrected chi connectivity index (χ2v) is 13.2. The Kier molecular flexibility index (Phi) is 8.41. The van der Waals surface area contributed by atoms with Crippen LogP contribution >= 0.6 is 11.6 Å². The molecule has 1 aromatic heterocycles. The van der Waals surface area contributed by atoms with Crippen LogP contribution in [0.2, 0.25) is 5.02 Å². The van der Waals surface area contributed by atoms with Crippen LogP contribution in [0.1, 0.15) is 17.8 Å². The summed E-state index contributed by atoms with van der Waals surface area (Å²) in [5.74, 6) is 0.255. The van der Waals surface area contributed by atoms with Crippen LogP contribution in [0.4, 0.5) is 13.2 Å². The molecule has 0 saturated carbocycles. The number of halogens is 4. The van der Waals surface area contributed by atoms with E-state index in [4.69, 9.17) is 16.3 Å². The first kappa shape index (κ1) is 29.7. The second-order valence-electron chi connectivity index (χ2n) is 8.88. The lowest BCUT2D eigenvalue weighted by Crippen LogP contribution is -2.24. The van der Waals surface area contributed by atoms with Gasteiger partial charge in [-0.25, -0.2) is 31.5 Å². The summed E-state index contributed by atoms with van der Waals surface area (Å²) in [6.45, 7) is 1.46. The minimum atomic E-state index is -4.62. The lowest BCUT2D eigenvalue weighted by atomic mass is 10.0. The second kappa shape index (κ2) is 11.3. The zero-order chi connectivity index (χ0) is 29.3. The molecule has 0 atom stereocenters. The van der Waals surface area contributed by atoms with Gasteiger partial charge < -0.3 is 4.74 Å². The fourth-order valence-electron chi connectivity index (χ4n) is 3.95. The largest absolute Gasteiger partial charge is 0.457 e. The van der Waals surface area contributed by atoms with Crippen molar-refractivity contribution in [2.75, 3.05) is 18.6 Å². The number of hydrogen-bond donors (Lipinski definition) is 1. The maximum absolute atomic E-state index is 13.6. The minimum absolute atomic E-state index is 0.0179. The maximum atomic E-state index is 13.6. The molecule has 3 aromatic carbocycles. The highest BCUT2D eigenvalue weighted by molar-refractivity contribution is 7.91. The molecule has 8 nitrogen and oxygen atoms in total. The summed E-state index contributed by atoms with van der Waals surface area (Å²) in [6.07, 6.45) is -3.57. The molecule has 0 saturated heterocycles. The number of aromatic nitrogens is 2. The number of hydrogen-bond acceptors (Lipinski definition) is 7. The van der Waals surface area contributed by atoms with E-state index in [-0.39, 0.29) is 62.6 Å². The van der Waals surface area contributed by atoms with E-state index in [1.807, 2.05) is 0 Å². The number of nitrogens with zero attached hydrogens (tertiary/aromatic N) is 2. The summed E-state index contributed by atoms with van der Waals surface area (Å²) in [7, 11) is -7.17. The number of sulfone groups is 1. The molecule has 1 N–H and O–H groups in total. The Balaban J connectivity index is 1.65. The van der Waals surface area contributed by atoms with E-state index in [1.165, 1.54) is 55.5 Å². The molecule has 4 rings (SSSR count). The molecule has 212 valence electrons. The molecule has 0 fully saturated rings. The topological polar surface area (TPSA) is 115 Å². The molecule has 14 heteroatoms. The van der Waals surface area contributed by atoms with Crippen LogP contribution in [0, 0.1) is 6.92 Å². The van der Waals surface area contributed by atoms with E-state index in [2.05, 4.69) is 14.7 Å². The predicted molar refractivity (Wildman–Crippen MR) is 146 cm³/mol. The van der Waals surface area contributed by atoms with E-state index >= 15 is 0 Å². The minimum Gasteiger partial charge on any atom is -0.457 e. The van der Waals surface area contributed by atoms with Gasteiger partial charge in [0, 0.05) is 17.5 Å². The predicted octanol–water partition coefficient (Wildman–Crippen LogP) is 5.78. The third kappa shape index (κ3) is 7.08. The first-order valence-electron chi connectivity index (χ1n) is 11.7. The van der Waals surface area contributed by atoms with E-state index < -0.39 is 31.6 Å². The van der Waals surface area contributed by atoms with Crippen LogP contribution in [0.5, 0.6) is 11.5 Å². The molecule has 0 amide bonds. The van der Waals surface area contributed by atoms with Crippen molar-refractivity contribution in [3.8, 4) is 22.8 Å². The van der Waals surface area contributed by atoms with Gasteiger partial charge in [0.2, 0.25) is 10.0 Å². The molecule has 0 aliphatic heterocycles. The number of rotatable bonds is 9. The molecule has 0 radical (unpaired) electrons. The molecule has 0 aliphatic rings. The number of benzene rings is 3. The standard InChI is InChI=1S/C26H23ClF3N3O5S2/c1-16-32-24(20-8-4-9-22(25(20)33-16)26(28,29)30)21-15-18(10-11-23(21)27)38-17-6-3-7-19(14-17)40(36,37)13-5-12-31-39(2,34)35/h3-4,6-11,14-15,31H,5,12-13H2,1-2H3. The summed E-state index contributed by atoms with van der Waals surface area (Å²) in [6, 6.07) is 14.0. The van der Waals surface area contributed by atoms with Crippen molar-refractivity contribution in [2.45, 2.75) is 24.4 Å². The van der Waals surface area contributed by atoms with Gasteiger partial charge in [0.05, 0.1) is 38.7 Å². The molecule has 0 spiro atoms. The van der Waals surface area contributed by atoms with Gasteiger partial charge in [-0.2, -0.15) is 13.2 Å². The number of para-hydroxylation sites is 1. The van der Waals surface area contributed by atoms with Gasteiger partial charge in [-0.15, -0.1) is 0 Å². The molecular weight excluding hydrogens is 591 g/mol. The van der Waals surface area contributed by atoms with Gasteiger partial charge >= 0.3 is 6.18 Å². The van der Waals surface area contributed by atoms with Crippen molar-refractivity contribution in [2.24, 2.45) is 0 Å². The number of sulfonamides is 1. The van der Waals surface area contributed by atoms with Crippen molar-refractivity contribution < 1.29 is 34.7 Å². The van der Waals surface area contributed by atoms with E-state index in [9.17, 15) is 30.0 Å². The van der Waals surface area contributed by atoms with Crippen molar-refractivity contribution in [3.05, 3.63) is 77.1 Å². The fraction of sp³-hybridized carbons (Fsp3) is 0.231. The Bertz CT molecular complexity index is 1800. The Hall–Kier alpha value is -3.26. The highest BCUT2D eigenvalue weighted by atomic mass is 35.5. The third-order valence-electron chi connectivity index (χ3n) is 5.69. The Morgan fingerprint density at radius 1 is 0.950 bits per heavy atom. The highest BCUT2D eigenvalue weighted by Gasteiger charge is 2.34. The van der Waals surface area contributed by atoms with Crippen molar-refractivity contribution in [1.29, 1.82) is 0 Å². The van der Waals surface area contributed by atoms with Gasteiger partial charge in [0.25, 0.3) is 0 Å². The van der Waals surface area contributed by atoms with Gasteiger partial charge in [-0.3, -0.25) is 0 Å². The molecule has 0 aliphatic carbocycles. The smallest absolute Gasteiger partial charge is 0.418 e. The fourth-order valence-corrected chi connectivity index (χ4v) is 6.02. The van der Waals surface area contributed by atoms with Gasteiger partial charge in [0.1, 0.15) is 17.3 Å². The molecular formula is C26H23ClF3N3O5S2. The van der Waals surface area contributed by atoms with E-state index in [1.54, 1.807) is 6.07 Å². The zero-order valence-corrected chi connectivity index (χ0v) is 23.5. The summed E-state index contributed by atoms with van der Waals surface area (Å²) < 4.78 is 96.9. The summed E-state index contributed by atoms with van der Waals surface area (Å²) in [5, 5.41) is 0.362. The van der Waals surface area contributed by atoms with Crippen LogP contribution in [0.25, 0.3) is 22.2 Å². The lowest BCUT2D eigenvalue weighted by molar-refractivity contribution is -0.136. The summed E-state index contributed by atoms with van der Waals surface area (Å²) in [5.41, 5.74) is -0.672. The van der Waals surface area contributed by atoms with Crippen LogP contribution in [0.15, 0.2) is 65.6 Å². The zero-order valence-electron chi connectivity index (χ0n) is 21.2. The summed E-state index contributed by atoms with van der Waals surface area (Å²) >= 11 is 6.43. The molecule has 1 heterocycles. The van der Waals surface area contributed by atoms with E-state index in [0.717, 1.165) is 12.3 Å². The van der Waals surface area contributed by atoms with Crippen LogP contribution in [-0.2, 0) is 26.0 Å². The van der Waals surface area contributed by atoms with Crippen LogP contribution in [-0.4, -0.2) is 45.4 Å². The van der Waals surface area contributed by atoms with Crippen molar-refractivity contribution in [3.63, 3.8) is 0 Å². The first-order valence-corrected chi connectivity index (χ1v) is 15.7. The van der Waals surface area contributed by atoms with E-state index in [0.29, 0.717) is 5.56 Å². The maximum Gasteiger partial charge on any atom is 0.418 e. The highest BCUT2D eigenvalue weighted by Crippen LogP contribution is 2.39. The normalized spacial score (nSPS) is 12.6. The van der Waals surface area contributed by atoms with Gasteiger partial charge in [0.15, 0.2) is 9.84 Å². The molecule has 4 aromatic rings. The van der Waals surface area contributed by atoms with Crippen molar-refractivity contribution in [1.82, 2.24) is 14.7 Å². The average Bonchev–Trinajstić information content (AvgIpc) is 2.86. The SMILES string of the molecule is Cc1nc(-c2cc(Oc3cccc(S(=O)(=O)CCCNS(C)(=O)=O)c3)ccc2Cl)c2cccc(C(F)(F)F)c2n1. The monoisotopic (exact) mass is 613 g/mol. The van der Waals surface area contributed by atoms with Crippen molar-refractivity contribution >= 4 is 42.4 Å². The number of ether oxygens (including phenoxy) is 1. The lowest BCUT2D eigenvalue weighted by Gasteiger charge is -2.14. The molecule has 0 bridgehead atoms. The number of aryl methyl sites for hydroxylation is 1. The Morgan fingerprint density at radius 3 is 2.35 bits per heavy atom.